The predicted octanol–water partition coefficient (Wildman–Crippen LogP) is 6.30. The SMILES string of the molecule is CCn1c2ccccc2c2cc(NC(=O)c3oc4c(c3C)/C(=N/NS(=O)(=O)c3ccc(C)cc3)CCC4)ccc21. The first-order valence-electron chi connectivity index (χ1n) is 13.4. The van der Waals surface area contributed by atoms with Crippen LogP contribution in [0.5, 0.6) is 0 Å². The second-order valence-corrected chi connectivity index (χ2v) is 11.8. The van der Waals surface area contributed by atoms with Crippen molar-refractivity contribution >= 4 is 49.1 Å². The number of benzene rings is 3. The second kappa shape index (κ2) is 9.98. The van der Waals surface area contributed by atoms with Crippen molar-refractivity contribution in [1.82, 2.24) is 9.40 Å². The molecule has 0 radical (unpaired) electrons. The third-order valence-electron chi connectivity index (χ3n) is 7.51. The van der Waals surface area contributed by atoms with E-state index < -0.39 is 10.0 Å². The summed E-state index contributed by atoms with van der Waals surface area (Å²) in [5.74, 6) is 0.491. The van der Waals surface area contributed by atoms with Crippen LogP contribution >= 0.6 is 0 Å². The topological polar surface area (TPSA) is 106 Å². The number of carbonyl (C=O) groups is 1. The number of anilines is 1. The van der Waals surface area contributed by atoms with Crippen LogP contribution in [0, 0.1) is 13.8 Å². The Kier molecular flexibility index (Phi) is 6.46. The summed E-state index contributed by atoms with van der Waals surface area (Å²) in [6.45, 7) is 6.67. The Hall–Kier alpha value is -4.37. The molecule has 2 heterocycles. The lowest BCUT2D eigenvalue weighted by molar-refractivity contribution is 0.0994. The molecular formula is C31H30N4O4S. The first-order chi connectivity index (χ1) is 19.3. The smallest absolute Gasteiger partial charge is 0.291 e. The molecule has 0 fully saturated rings. The van der Waals surface area contributed by atoms with E-state index in [1.807, 2.05) is 44.2 Å². The molecule has 40 heavy (non-hydrogen) atoms. The van der Waals surface area contributed by atoms with Gasteiger partial charge in [-0.15, -0.1) is 0 Å². The van der Waals surface area contributed by atoms with Crippen molar-refractivity contribution in [3.8, 4) is 0 Å². The van der Waals surface area contributed by atoms with E-state index in [9.17, 15) is 13.2 Å². The third-order valence-corrected chi connectivity index (χ3v) is 8.73. The van der Waals surface area contributed by atoms with E-state index in [0.29, 0.717) is 41.1 Å². The van der Waals surface area contributed by atoms with Gasteiger partial charge >= 0.3 is 0 Å². The maximum Gasteiger partial charge on any atom is 0.291 e. The highest BCUT2D eigenvalue weighted by Gasteiger charge is 2.28. The summed E-state index contributed by atoms with van der Waals surface area (Å²) in [7, 11) is -3.83. The van der Waals surface area contributed by atoms with Gasteiger partial charge in [0.25, 0.3) is 15.9 Å². The average Bonchev–Trinajstić information content (AvgIpc) is 3.47. The van der Waals surface area contributed by atoms with Gasteiger partial charge in [-0.1, -0.05) is 35.9 Å². The molecule has 1 amide bonds. The summed E-state index contributed by atoms with van der Waals surface area (Å²) >= 11 is 0. The minimum absolute atomic E-state index is 0.140. The average molecular weight is 555 g/mol. The van der Waals surface area contributed by atoms with Crippen LogP contribution < -0.4 is 10.1 Å². The summed E-state index contributed by atoms with van der Waals surface area (Å²) in [6.07, 6.45) is 1.96. The lowest BCUT2D eigenvalue weighted by Gasteiger charge is -2.14. The molecule has 1 aliphatic rings. The van der Waals surface area contributed by atoms with Crippen molar-refractivity contribution in [2.45, 2.75) is 51.5 Å². The van der Waals surface area contributed by atoms with Crippen LogP contribution in [0.2, 0.25) is 0 Å². The van der Waals surface area contributed by atoms with Crippen LogP contribution in [-0.2, 0) is 23.0 Å². The summed E-state index contributed by atoms with van der Waals surface area (Å²) < 4.78 is 33.9. The van der Waals surface area contributed by atoms with Crippen LogP contribution in [0.3, 0.4) is 0 Å². The van der Waals surface area contributed by atoms with Crippen molar-refractivity contribution in [1.29, 1.82) is 0 Å². The minimum Gasteiger partial charge on any atom is -0.455 e. The summed E-state index contributed by atoms with van der Waals surface area (Å²) in [4.78, 5) is 15.9. The van der Waals surface area contributed by atoms with Gasteiger partial charge in [0.2, 0.25) is 0 Å². The molecule has 6 rings (SSSR count). The molecule has 204 valence electrons. The highest BCUT2D eigenvalue weighted by atomic mass is 32.2. The third kappa shape index (κ3) is 4.46. The fourth-order valence-electron chi connectivity index (χ4n) is 5.54. The van der Waals surface area contributed by atoms with Crippen LogP contribution in [0.15, 0.2) is 81.1 Å². The van der Waals surface area contributed by atoms with Crippen molar-refractivity contribution in [2.75, 3.05) is 5.32 Å². The molecule has 0 unspecified atom stereocenters. The zero-order valence-electron chi connectivity index (χ0n) is 22.6. The fraction of sp³-hybridized carbons (Fsp3) is 0.226. The lowest BCUT2D eigenvalue weighted by atomic mass is 9.93. The molecule has 1 aliphatic carbocycles. The van der Waals surface area contributed by atoms with E-state index in [0.717, 1.165) is 40.3 Å². The molecule has 3 aromatic carbocycles. The number of amides is 1. The van der Waals surface area contributed by atoms with Gasteiger partial charge in [-0.25, -0.2) is 0 Å². The predicted molar refractivity (Wildman–Crippen MR) is 157 cm³/mol. The quantitative estimate of drug-likeness (QED) is 0.240. The molecule has 0 atom stereocenters. The molecule has 9 heteroatoms. The van der Waals surface area contributed by atoms with Gasteiger partial charge in [0.05, 0.1) is 10.6 Å². The van der Waals surface area contributed by atoms with E-state index in [4.69, 9.17) is 4.42 Å². The van der Waals surface area contributed by atoms with Crippen LogP contribution in [0.1, 0.15) is 52.8 Å². The van der Waals surface area contributed by atoms with Crippen LogP contribution in [0.25, 0.3) is 21.8 Å². The monoisotopic (exact) mass is 554 g/mol. The van der Waals surface area contributed by atoms with E-state index in [-0.39, 0.29) is 16.6 Å². The Labute approximate surface area is 232 Å². The number of hydrogen-bond acceptors (Lipinski definition) is 5. The molecule has 5 aromatic rings. The first-order valence-corrected chi connectivity index (χ1v) is 14.8. The van der Waals surface area contributed by atoms with Crippen molar-refractivity contribution in [3.63, 3.8) is 0 Å². The molecule has 2 aromatic heterocycles. The zero-order valence-corrected chi connectivity index (χ0v) is 23.4. The van der Waals surface area contributed by atoms with E-state index in [1.54, 1.807) is 24.3 Å². The summed E-state index contributed by atoms with van der Waals surface area (Å²) in [6, 6.07) is 20.7. The van der Waals surface area contributed by atoms with Crippen LogP contribution in [0.4, 0.5) is 5.69 Å². The van der Waals surface area contributed by atoms with Gasteiger partial charge in [0, 0.05) is 51.6 Å². The number of nitrogens with one attached hydrogen (secondary N) is 2. The van der Waals surface area contributed by atoms with Gasteiger partial charge in [-0.2, -0.15) is 18.4 Å². The lowest BCUT2D eigenvalue weighted by Crippen LogP contribution is -2.22. The number of sulfonamides is 1. The Bertz CT molecular complexity index is 1910. The number of para-hydroxylation sites is 1. The molecule has 0 saturated carbocycles. The van der Waals surface area contributed by atoms with Gasteiger partial charge in [0.1, 0.15) is 5.76 Å². The minimum atomic E-state index is -3.83. The molecule has 0 aliphatic heterocycles. The number of nitrogens with zero attached hydrogens (tertiary/aromatic N) is 2. The maximum absolute atomic E-state index is 13.4. The number of carbonyl (C=O) groups excluding carboxylic acids is 1. The van der Waals surface area contributed by atoms with Gasteiger partial charge < -0.3 is 14.3 Å². The van der Waals surface area contributed by atoms with Gasteiger partial charge in [-0.3, -0.25) is 4.79 Å². The number of hydrazone groups is 1. The molecule has 0 spiro atoms. The number of fused-ring (bicyclic) bond motifs is 4. The number of furan rings is 1. The Morgan fingerprint density at radius 2 is 1.73 bits per heavy atom. The van der Waals surface area contributed by atoms with Gasteiger partial charge in [0.15, 0.2) is 5.76 Å². The number of hydrogen-bond donors (Lipinski definition) is 2. The van der Waals surface area contributed by atoms with Crippen molar-refractivity contribution < 1.29 is 17.6 Å². The van der Waals surface area contributed by atoms with E-state index >= 15 is 0 Å². The maximum atomic E-state index is 13.4. The standard InChI is InChI=1S/C31H30N4O4S/c1-4-35-26-10-6-5-8-23(26)24-18-21(14-17-27(24)35)32-31(36)30-20(3)29-25(9-7-11-28(29)39-30)33-34-40(37,38)22-15-12-19(2)13-16-22/h5-6,8,10,12-18,34H,4,7,9,11H2,1-3H3,(H,32,36)/b33-25+. The highest BCUT2D eigenvalue weighted by molar-refractivity contribution is 7.89. The number of rotatable bonds is 6. The largest absolute Gasteiger partial charge is 0.455 e. The number of aryl methyl sites for hydroxylation is 3. The zero-order chi connectivity index (χ0) is 28.0. The summed E-state index contributed by atoms with van der Waals surface area (Å²) in [5, 5.41) is 9.47. The van der Waals surface area contributed by atoms with E-state index in [1.165, 1.54) is 0 Å². The first kappa shape index (κ1) is 25.9. The Morgan fingerprint density at radius 1 is 0.975 bits per heavy atom. The molecule has 2 N–H and O–H groups in total. The van der Waals surface area contributed by atoms with Crippen molar-refractivity contribution in [3.05, 3.63) is 94.9 Å². The second-order valence-electron chi connectivity index (χ2n) is 10.1. The highest BCUT2D eigenvalue weighted by Crippen LogP contribution is 2.33. The fourth-order valence-corrected chi connectivity index (χ4v) is 6.37. The van der Waals surface area contributed by atoms with Gasteiger partial charge in [-0.05, 0) is 70.0 Å². The molecule has 0 saturated heterocycles. The van der Waals surface area contributed by atoms with E-state index in [2.05, 4.69) is 38.9 Å². The Morgan fingerprint density at radius 3 is 2.50 bits per heavy atom. The summed E-state index contributed by atoms with van der Waals surface area (Å²) in [5.41, 5.74) is 5.81. The molecule has 8 nitrogen and oxygen atoms in total. The molecular weight excluding hydrogens is 524 g/mol. The van der Waals surface area contributed by atoms with Crippen LogP contribution in [-0.4, -0.2) is 24.6 Å². The number of aromatic nitrogens is 1. The molecule has 0 bridgehead atoms. The normalized spacial score (nSPS) is 14.5. The Balaban J connectivity index is 1.28. The van der Waals surface area contributed by atoms with Crippen molar-refractivity contribution in [2.24, 2.45) is 5.10 Å².